The Bertz CT molecular complexity index is 3950. The van der Waals surface area contributed by atoms with E-state index in [4.69, 9.17) is 9.97 Å². The van der Waals surface area contributed by atoms with E-state index in [-0.39, 0.29) is 0 Å². The molecule has 13 aromatic rings. The Morgan fingerprint density at radius 1 is 0.279 bits per heavy atom. The molecule has 0 spiro atoms. The van der Waals surface area contributed by atoms with Gasteiger partial charge in [0.25, 0.3) is 0 Å². The van der Waals surface area contributed by atoms with Crippen LogP contribution in [0.1, 0.15) is 0 Å². The minimum atomic E-state index is 0.888. The smallest absolute Gasteiger partial charge is 0.149 e. The zero-order valence-electron chi connectivity index (χ0n) is 33.0. The van der Waals surface area contributed by atoms with Gasteiger partial charge in [0.15, 0.2) is 0 Å². The number of nitrogens with zero attached hydrogens (tertiary/aromatic N) is 3. The number of hydrogen-bond donors (Lipinski definition) is 0. The van der Waals surface area contributed by atoms with Gasteiger partial charge in [-0.05, 0) is 142 Å². The summed E-state index contributed by atoms with van der Waals surface area (Å²) in [6, 6.07) is 77.3. The summed E-state index contributed by atoms with van der Waals surface area (Å²) in [5.41, 5.74) is 12.3. The molecule has 0 radical (unpaired) electrons. The van der Waals surface area contributed by atoms with Crippen LogP contribution >= 0.6 is 0 Å². The van der Waals surface area contributed by atoms with Crippen LogP contribution < -0.4 is 0 Å². The average Bonchev–Trinajstić information content (AvgIpc) is 3.72. The summed E-state index contributed by atoms with van der Waals surface area (Å²) in [5, 5.41) is 13.3. The van der Waals surface area contributed by atoms with Crippen LogP contribution in [-0.4, -0.2) is 14.4 Å². The van der Waals surface area contributed by atoms with Crippen molar-refractivity contribution < 1.29 is 0 Å². The fourth-order valence-corrected chi connectivity index (χ4v) is 9.77. The second-order valence-electron chi connectivity index (χ2n) is 16.2. The van der Waals surface area contributed by atoms with Crippen molar-refractivity contribution >= 4 is 81.4 Å². The topological polar surface area (TPSA) is 30.2 Å². The molecule has 0 saturated carbocycles. The van der Waals surface area contributed by atoms with Gasteiger partial charge >= 0.3 is 0 Å². The standard InChI is InChI=1S/C58H35N3/c1-3-13-38-32-44(26-21-36(38)11-1)55-47-15-5-6-16-48(47)56(45-27-22-37-12-2-4-14-39(37)33-45)51-35-43(29-30-49(51)55)41-23-24-42-34-46(28-25-40(42)31-41)57-59-52-18-8-7-17-50(52)58-60-53-19-9-10-20-54(53)61(57)58/h1-35H. The molecular weight excluding hydrogens is 739 g/mol. The van der Waals surface area contributed by atoms with E-state index in [1.165, 1.54) is 81.9 Å². The van der Waals surface area contributed by atoms with Gasteiger partial charge in [-0.2, -0.15) is 0 Å². The van der Waals surface area contributed by atoms with Crippen LogP contribution in [0.25, 0.3) is 126 Å². The highest BCUT2D eigenvalue weighted by Crippen LogP contribution is 2.46. The number of imidazole rings is 1. The molecule has 0 aliphatic carbocycles. The van der Waals surface area contributed by atoms with E-state index in [9.17, 15) is 0 Å². The third kappa shape index (κ3) is 5.31. The second kappa shape index (κ2) is 13.2. The lowest BCUT2D eigenvalue weighted by Crippen LogP contribution is -1.98. The maximum Gasteiger partial charge on any atom is 0.149 e. The molecule has 0 aliphatic heterocycles. The fourth-order valence-electron chi connectivity index (χ4n) is 9.77. The van der Waals surface area contributed by atoms with Gasteiger partial charge in [0.1, 0.15) is 11.5 Å². The van der Waals surface area contributed by atoms with Crippen molar-refractivity contribution in [3.63, 3.8) is 0 Å². The van der Waals surface area contributed by atoms with E-state index in [2.05, 4.69) is 205 Å². The van der Waals surface area contributed by atoms with E-state index in [1.54, 1.807) is 0 Å². The first kappa shape index (κ1) is 33.8. The van der Waals surface area contributed by atoms with E-state index in [0.717, 1.165) is 44.4 Å². The Morgan fingerprint density at radius 3 is 1.43 bits per heavy atom. The molecule has 0 fully saturated rings. The number of fused-ring (bicyclic) bond motifs is 10. The molecule has 0 saturated heterocycles. The summed E-state index contributed by atoms with van der Waals surface area (Å²) in [6.07, 6.45) is 0. The Kier molecular flexibility index (Phi) is 7.31. The number of para-hydroxylation sites is 3. The third-order valence-electron chi connectivity index (χ3n) is 12.7. The van der Waals surface area contributed by atoms with Crippen molar-refractivity contribution in [2.45, 2.75) is 0 Å². The van der Waals surface area contributed by atoms with Gasteiger partial charge in [0, 0.05) is 10.9 Å². The third-order valence-corrected chi connectivity index (χ3v) is 12.7. The molecule has 0 atom stereocenters. The first-order chi connectivity index (χ1) is 30.2. The van der Waals surface area contributed by atoms with E-state index < -0.39 is 0 Å². The first-order valence-electron chi connectivity index (χ1n) is 20.9. The molecule has 2 heterocycles. The fraction of sp³-hybridized carbons (Fsp3) is 0. The lowest BCUT2D eigenvalue weighted by Gasteiger charge is -2.19. The average molecular weight is 774 g/mol. The molecular formula is C58H35N3. The predicted molar refractivity (Wildman–Crippen MR) is 257 cm³/mol. The maximum absolute atomic E-state index is 5.24. The molecule has 13 rings (SSSR count). The van der Waals surface area contributed by atoms with Crippen molar-refractivity contribution in [1.29, 1.82) is 0 Å². The molecule has 0 unspecified atom stereocenters. The van der Waals surface area contributed by atoms with Crippen molar-refractivity contribution in [3.8, 4) is 44.8 Å². The Hall–Kier alpha value is -8.14. The Balaban J connectivity index is 1.01. The van der Waals surface area contributed by atoms with Crippen LogP contribution in [0, 0.1) is 0 Å². The normalized spacial score (nSPS) is 11.9. The molecule has 11 aromatic carbocycles. The zero-order valence-corrected chi connectivity index (χ0v) is 33.0. The largest absolute Gasteiger partial charge is 0.276 e. The SMILES string of the molecule is c1ccc2cc(-c3c4ccccc4c(-c4ccc5ccccc5c4)c4cc(-c5ccc6cc(-c7nc8ccccc8c8nc9ccccc9n78)ccc6c5)ccc34)ccc2c1. The van der Waals surface area contributed by atoms with E-state index in [0.29, 0.717) is 0 Å². The summed E-state index contributed by atoms with van der Waals surface area (Å²) in [5.74, 6) is 0.888. The number of hydrogen-bond acceptors (Lipinski definition) is 2. The van der Waals surface area contributed by atoms with Crippen molar-refractivity contribution in [3.05, 3.63) is 212 Å². The minimum Gasteiger partial charge on any atom is -0.276 e. The Morgan fingerprint density at radius 2 is 0.721 bits per heavy atom. The zero-order chi connectivity index (χ0) is 40.0. The number of rotatable bonds is 4. The van der Waals surface area contributed by atoms with Crippen LogP contribution in [0.3, 0.4) is 0 Å². The van der Waals surface area contributed by atoms with Crippen LogP contribution in [-0.2, 0) is 0 Å². The molecule has 0 amide bonds. The van der Waals surface area contributed by atoms with Crippen molar-refractivity contribution in [1.82, 2.24) is 14.4 Å². The lowest BCUT2D eigenvalue weighted by atomic mass is 9.84. The highest BCUT2D eigenvalue weighted by atomic mass is 15.1. The van der Waals surface area contributed by atoms with Crippen molar-refractivity contribution in [2.24, 2.45) is 0 Å². The van der Waals surface area contributed by atoms with E-state index >= 15 is 0 Å². The van der Waals surface area contributed by atoms with E-state index in [1.807, 2.05) is 12.1 Å². The molecule has 0 aliphatic rings. The minimum absolute atomic E-state index is 0.888. The Labute approximate surface area is 351 Å². The quantitative estimate of drug-likeness (QED) is 0.167. The molecule has 0 N–H and O–H groups in total. The first-order valence-corrected chi connectivity index (χ1v) is 20.9. The monoisotopic (exact) mass is 773 g/mol. The molecule has 282 valence electrons. The summed E-state index contributed by atoms with van der Waals surface area (Å²) in [4.78, 5) is 10.3. The summed E-state index contributed by atoms with van der Waals surface area (Å²) < 4.78 is 2.21. The van der Waals surface area contributed by atoms with Crippen LogP contribution in [0.15, 0.2) is 212 Å². The second-order valence-corrected chi connectivity index (χ2v) is 16.2. The number of aromatic nitrogens is 3. The highest BCUT2D eigenvalue weighted by molar-refractivity contribution is 6.22. The van der Waals surface area contributed by atoms with Crippen LogP contribution in [0.5, 0.6) is 0 Å². The molecule has 0 bridgehead atoms. The van der Waals surface area contributed by atoms with Gasteiger partial charge in [-0.25, -0.2) is 9.97 Å². The molecule has 61 heavy (non-hydrogen) atoms. The molecule has 3 nitrogen and oxygen atoms in total. The summed E-state index contributed by atoms with van der Waals surface area (Å²) in [6.45, 7) is 0. The number of benzene rings is 11. The van der Waals surface area contributed by atoms with Gasteiger partial charge < -0.3 is 0 Å². The summed E-state index contributed by atoms with van der Waals surface area (Å²) >= 11 is 0. The predicted octanol–water partition coefficient (Wildman–Crippen LogP) is 15.5. The van der Waals surface area contributed by atoms with Gasteiger partial charge in [-0.1, -0.05) is 158 Å². The molecule has 2 aromatic heterocycles. The molecule has 3 heteroatoms. The van der Waals surface area contributed by atoms with Gasteiger partial charge in [0.2, 0.25) is 0 Å². The lowest BCUT2D eigenvalue weighted by molar-refractivity contribution is 1.16. The maximum atomic E-state index is 5.24. The van der Waals surface area contributed by atoms with Gasteiger partial charge in [-0.15, -0.1) is 0 Å². The van der Waals surface area contributed by atoms with Crippen LogP contribution in [0.2, 0.25) is 0 Å². The highest BCUT2D eigenvalue weighted by Gasteiger charge is 2.19. The summed E-state index contributed by atoms with van der Waals surface area (Å²) in [7, 11) is 0. The van der Waals surface area contributed by atoms with Gasteiger partial charge in [0.05, 0.1) is 16.6 Å². The van der Waals surface area contributed by atoms with Crippen molar-refractivity contribution in [2.75, 3.05) is 0 Å². The van der Waals surface area contributed by atoms with Gasteiger partial charge in [-0.3, -0.25) is 4.40 Å². The van der Waals surface area contributed by atoms with Crippen LogP contribution in [0.4, 0.5) is 0 Å².